The van der Waals surface area contributed by atoms with E-state index < -0.39 is 0 Å². The number of nitrogens with zero attached hydrogens (tertiary/aromatic N) is 1. The van der Waals surface area contributed by atoms with E-state index in [2.05, 4.69) is 0 Å². The number of amides is 1. The van der Waals surface area contributed by atoms with E-state index in [-0.39, 0.29) is 23.8 Å². The highest BCUT2D eigenvalue weighted by Crippen LogP contribution is 2.48. The van der Waals surface area contributed by atoms with Crippen LogP contribution in [0.3, 0.4) is 0 Å². The number of carbonyl (C=O) groups excluding carboxylic acids is 1. The van der Waals surface area contributed by atoms with Gasteiger partial charge in [-0.05, 0) is 18.3 Å². The molecule has 92 valence electrons. The van der Waals surface area contributed by atoms with Crippen molar-refractivity contribution in [1.82, 2.24) is 4.90 Å². The molecule has 1 amide bonds. The van der Waals surface area contributed by atoms with Crippen molar-refractivity contribution < 1.29 is 9.90 Å². The predicted octanol–water partition coefficient (Wildman–Crippen LogP) is 0.346. The van der Waals surface area contributed by atoms with Gasteiger partial charge >= 0.3 is 0 Å². The average molecular weight is 226 g/mol. The third kappa shape index (κ3) is 1.96. The first kappa shape index (κ1) is 11.9. The van der Waals surface area contributed by atoms with Crippen LogP contribution in [0, 0.1) is 11.3 Å². The second kappa shape index (κ2) is 4.72. The number of nitrogens with two attached hydrogens (primary N) is 1. The summed E-state index contributed by atoms with van der Waals surface area (Å²) >= 11 is 0. The summed E-state index contributed by atoms with van der Waals surface area (Å²) < 4.78 is 0. The van der Waals surface area contributed by atoms with Crippen LogP contribution in [0.4, 0.5) is 0 Å². The molecule has 1 atom stereocenters. The zero-order valence-electron chi connectivity index (χ0n) is 9.82. The molecule has 1 aliphatic heterocycles. The Labute approximate surface area is 96.8 Å². The highest BCUT2D eigenvalue weighted by atomic mass is 16.3. The van der Waals surface area contributed by atoms with Crippen molar-refractivity contribution >= 4 is 5.91 Å². The van der Waals surface area contributed by atoms with Crippen LogP contribution in [0.1, 0.15) is 32.1 Å². The van der Waals surface area contributed by atoms with E-state index in [1.54, 1.807) is 0 Å². The Morgan fingerprint density at radius 2 is 2.12 bits per heavy atom. The fraction of sp³-hybridized carbons (Fsp3) is 0.917. The van der Waals surface area contributed by atoms with Crippen molar-refractivity contribution in [3.8, 4) is 0 Å². The van der Waals surface area contributed by atoms with E-state index >= 15 is 0 Å². The van der Waals surface area contributed by atoms with Crippen molar-refractivity contribution in [3.63, 3.8) is 0 Å². The lowest BCUT2D eigenvalue weighted by atomic mass is 9.77. The number of carbonyl (C=O) groups is 1. The normalized spacial score (nSPS) is 27.9. The highest BCUT2D eigenvalue weighted by molar-refractivity contribution is 5.76. The van der Waals surface area contributed by atoms with Gasteiger partial charge in [-0.3, -0.25) is 4.79 Å². The molecule has 0 aromatic rings. The molecule has 3 N–H and O–H groups in total. The smallest absolute Gasteiger partial charge is 0.223 e. The van der Waals surface area contributed by atoms with Crippen LogP contribution in [0.25, 0.3) is 0 Å². The van der Waals surface area contributed by atoms with Crippen molar-refractivity contribution in [2.24, 2.45) is 17.1 Å². The van der Waals surface area contributed by atoms with E-state index in [0.29, 0.717) is 13.0 Å². The molecule has 16 heavy (non-hydrogen) atoms. The van der Waals surface area contributed by atoms with Crippen molar-refractivity contribution in [2.75, 3.05) is 26.2 Å². The topological polar surface area (TPSA) is 66.6 Å². The third-order valence-electron chi connectivity index (χ3n) is 4.34. The Balaban J connectivity index is 2.04. The molecule has 1 saturated heterocycles. The van der Waals surface area contributed by atoms with E-state index in [1.807, 2.05) is 4.90 Å². The van der Waals surface area contributed by atoms with E-state index in [9.17, 15) is 9.90 Å². The molecule has 1 saturated carbocycles. The van der Waals surface area contributed by atoms with Gasteiger partial charge in [0.2, 0.25) is 5.91 Å². The Morgan fingerprint density at radius 3 is 2.69 bits per heavy atom. The van der Waals surface area contributed by atoms with E-state index in [1.165, 1.54) is 25.7 Å². The first-order valence-corrected chi connectivity index (χ1v) is 6.30. The Hall–Kier alpha value is -0.610. The minimum absolute atomic E-state index is 0.157. The number of likely N-dealkylation sites (tertiary alicyclic amines) is 1. The van der Waals surface area contributed by atoms with Crippen LogP contribution in [-0.2, 0) is 4.79 Å². The molecular formula is C12H22N2O2. The summed E-state index contributed by atoms with van der Waals surface area (Å²) in [5.41, 5.74) is 5.63. The predicted molar refractivity (Wildman–Crippen MR) is 61.7 cm³/mol. The monoisotopic (exact) mass is 226 g/mol. The molecule has 0 aromatic carbocycles. The fourth-order valence-corrected chi connectivity index (χ4v) is 3.40. The second-order valence-electron chi connectivity index (χ2n) is 5.26. The first-order chi connectivity index (χ1) is 7.72. The van der Waals surface area contributed by atoms with Gasteiger partial charge in [-0.15, -0.1) is 0 Å². The molecule has 2 aliphatic rings. The molecule has 4 nitrogen and oxygen atoms in total. The minimum atomic E-state index is 0.157. The molecule has 0 radical (unpaired) electrons. The first-order valence-electron chi connectivity index (χ1n) is 6.30. The molecule has 0 unspecified atom stereocenters. The SMILES string of the molecule is NCCC(=O)N1C[C@H](CO)C2(CCCC2)C1. The van der Waals surface area contributed by atoms with Crippen molar-refractivity contribution in [3.05, 3.63) is 0 Å². The quantitative estimate of drug-likeness (QED) is 0.729. The lowest BCUT2D eigenvalue weighted by molar-refractivity contribution is -0.130. The van der Waals surface area contributed by atoms with Crippen molar-refractivity contribution in [1.29, 1.82) is 0 Å². The summed E-state index contributed by atoms with van der Waals surface area (Å²) in [7, 11) is 0. The van der Waals surface area contributed by atoms with E-state index in [0.717, 1.165) is 13.1 Å². The number of hydrogen-bond donors (Lipinski definition) is 2. The Kier molecular flexibility index (Phi) is 3.50. The van der Waals surface area contributed by atoms with Gasteiger partial charge in [-0.25, -0.2) is 0 Å². The summed E-state index contributed by atoms with van der Waals surface area (Å²) in [4.78, 5) is 13.7. The largest absolute Gasteiger partial charge is 0.396 e. The maximum Gasteiger partial charge on any atom is 0.223 e. The molecular weight excluding hydrogens is 204 g/mol. The fourth-order valence-electron chi connectivity index (χ4n) is 3.40. The van der Waals surface area contributed by atoms with E-state index in [4.69, 9.17) is 5.73 Å². The second-order valence-corrected chi connectivity index (χ2v) is 5.26. The van der Waals surface area contributed by atoms with Gasteiger partial charge in [-0.1, -0.05) is 12.8 Å². The van der Waals surface area contributed by atoms with Crippen LogP contribution in [0.2, 0.25) is 0 Å². The van der Waals surface area contributed by atoms with Gasteiger partial charge in [-0.2, -0.15) is 0 Å². The zero-order chi connectivity index (χ0) is 11.6. The molecule has 1 spiro atoms. The summed E-state index contributed by atoms with van der Waals surface area (Å²) in [6.45, 7) is 2.21. The van der Waals surface area contributed by atoms with Crippen molar-refractivity contribution in [2.45, 2.75) is 32.1 Å². The van der Waals surface area contributed by atoms with Crippen LogP contribution in [0.5, 0.6) is 0 Å². The molecule has 0 aromatic heterocycles. The molecule has 2 fully saturated rings. The summed E-state index contributed by atoms with van der Waals surface area (Å²) in [6.07, 6.45) is 5.27. The summed E-state index contributed by atoms with van der Waals surface area (Å²) in [5, 5.41) is 9.46. The van der Waals surface area contributed by atoms with Gasteiger partial charge < -0.3 is 15.7 Å². The molecule has 1 heterocycles. The molecule has 0 bridgehead atoms. The van der Waals surface area contributed by atoms with Gasteiger partial charge in [0, 0.05) is 38.6 Å². The Morgan fingerprint density at radius 1 is 1.44 bits per heavy atom. The third-order valence-corrected chi connectivity index (χ3v) is 4.34. The van der Waals surface area contributed by atoms with Gasteiger partial charge in [0.25, 0.3) is 0 Å². The zero-order valence-corrected chi connectivity index (χ0v) is 9.82. The summed E-state index contributed by atoms with van der Waals surface area (Å²) in [6, 6.07) is 0. The maximum atomic E-state index is 11.8. The van der Waals surface area contributed by atoms with Gasteiger partial charge in [0.15, 0.2) is 0 Å². The lowest BCUT2D eigenvalue weighted by Gasteiger charge is -2.28. The maximum absolute atomic E-state index is 11.8. The molecule has 4 heteroatoms. The van der Waals surface area contributed by atoms with Gasteiger partial charge in [0.05, 0.1) is 0 Å². The number of rotatable bonds is 3. The number of aliphatic hydroxyl groups excluding tert-OH is 1. The van der Waals surface area contributed by atoms with Crippen LogP contribution >= 0.6 is 0 Å². The lowest BCUT2D eigenvalue weighted by Crippen LogP contribution is -2.32. The highest BCUT2D eigenvalue weighted by Gasteiger charge is 2.48. The number of hydrogen-bond acceptors (Lipinski definition) is 3. The van der Waals surface area contributed by atoms with Crippen LogP contribution < -0.4 is 5.73 Å². The summed E-state index contributed by atoms with van der Waals surface area (Å²) in [5.74, 6) is 0.446. The van der Waals surface area contributed by atoms with Gasteiger partial charge in [0.1, 0.15) is 0 Å². The molecule has 2 rings (SSSR count). The van der Waals surface area contributed by atoms with Crippen LogP contribution in [-0.4, -0.2) is 42.2 Å². The minimum Gasteiger partial charge on any atom is -0.396 e. The number of aliphatic hydroxyl groups is 1. The average Bonchev–Trinajstić information content (AvgIpc) is 2.87. The Bertz CT molecular complexity index is 262. The standard InChI is InChI=1S/C12H22N2O2/c13-6-3-11(16)14-7-10(8-15)12(9-14)4-1-2-5-12/h10,15H,1-9,13H2/t10-/m1/s1. The molecule has 1 aliphatic carbocycles. The van der Waals surface area contributed by atoms with Crippen LogP contribution in [0.15, 0.2) is 0 Å².